The van der Waals surface area contributed by atoms with E-state index in [1.807, 2.05) is 6.92 Å². The van der Waals surface area contributed by atoms with Crippen molar-refractivity contribution in [2.45, 2.75) is 44.1 Å². The van der Waals surface area contributed by atoms with Gasteiger partial charge in [-0.05, 0) is 24.7 Å². The van der Waals surface area contributed by atoms with Gasteiger partial charge in [-0.15, -0.1) is 0 Å². The molecule has 1 aliphatic heterocycles. The van der Waals surface area contributed by atoms with Gasteiger partial charge in [-0.3, -0.25) is 14.4 Å². The van der Waals surface area contributed by atoms with Gasteiger partial charge in [-0.25, -0.2) is 0 Å². The highest BCUT2D eigenvalue weighted by Gasteiger charge is 2.32. The van der Waals surface area contributed by atoms with Crippen molar-refractivity contribution in [3.05, 3.63) is 0 Å². The van der Waals surface area contributed by atoms with E-state index in [-0.39, 0.29) is 30.0 Å². The van der Waals surface area contributed by atoms with Gasteiger partial charge in [0.05, 0.1) is 12.5 Å². The molecule has 1 saturated heterocycles. The third-order valence-electron chi connectivity index (χ3n) is 2.49. The third kappa shape index (κ3) is 5.05. The van der Waals surface area contributed by atoms with Crippen LogP contribution >= 0.6 is 11.8 Å². The maximum absolute atomic E-state index is 11.6. The highest BCUT2D eigenvalue weighted by Crippen LogP contribution is 2.26. The molecule has 0 bridgehead atoms. The summed E-state index contributed by atoms with van der Waals surface area (Å²) >= 11 is 0.907. The van der Waals surface area contributed by atoms with Gasteiger partial charge in [0.1, 0.15) is 0 Å². The second kappa shape index (κ2) is 7.38. The van der Waals surface area contributed by atoms with E-state index in [9.17, 15) is 14.4 Å². The van der Waals surface area contributed by atoms with Crippen LogP contribution in [0.4, 0.5) is 0 Å². The SMILES string of the molecule is CCNC1CCC(=O)OC1SC(=O)CCC(=O)O. The topological polar surface area (TPSA) is 92.7 Å². The van der Waals surface area contributed by atoms with Crippen LogP contribution in [0.3, 0.4) is 0 Å². The molecule has 0 spiro atoms. The quantitative estimate of drug-likeness (QED) is 0.691. The average molecular weight is 275 g/mol. The Kier molecular flexibility index (Phi) is 6.14. The number of carboxylic acids is 1. The highest BCUT2D eigenvalue weighted by molar-refractivity contribution is 8.14. The smallest absolute Gasteiger partial charge is 0.307 e. The number of aliphatic carboxylic acids is 1. The number of rotatable bonds is 6. The van der Waals surface area contributed by atoms with Crippen LogP contribution in [0.15, 0.2) is 0 Å². The lowest BCUT2D eigenvalue weighted by Gasteiger charge is -2.30. The predicted octanol–water partition coefficient (Wildman–Crippen LogP) is 0.752. The van der Waals surface area contributed by atoms with Crippen molar-refractivity contribution in [3.63, 3.8) is 0 Å². The Morgan fingerprint density at radius 2 is 2.22 bits per heavy atom. The molecular formula is C11H17NO5S. The van der Waals surface area contributed by atoms with E-state index in [1.54, 1.807) is 0 Å². The molecule has 1 rings (SSSR count). The number of carboxylic acid groups (broad SMARTS) is 1. The van der Waals surface area contributed by atoms with Crippen molar-refractivity contribution in [1.29, 1.82) is 0 Å². The van der Waals surface area contributed by atoms with Gasteiger partial charge in [0.15, 0.2) is 10.6 Å². The normalized spacial score (nSPS) is 23.5. The van der Waals surface area contributed by atoms with E-state index in [4.69, 9.17) is 9.84 Å². The number of nitrogens with one attached hydrogen (secondary N) is 1. The molecule has 2 N–H and O–H groups in total. The van der Waals surface area contributed by atoms with Gasteiger partial charge in [0.25, 0.3) is 0 Å². The molecule has 18 heavy (non-hydrogen) atoms. The van der Waals surface area contributed by atoms with Gasteiger partial charge >= 0.3 is 11.9 Å². The number of hydrogen-bond donors (Lipinski definition) is 2. The first kappa shape index (κ1) is 15.0. The fourth-order valence-electron chi connectivity index (χ4n) is 1.64. The van der Waals surface area contributed by atoms with E-state index in [0.717, 1.165) is 18.3 Å². The summed E-state index contributed by atoms with van der Waals surface area (Å²) in [6.07, 6.45) is 0.736. The first-order valence-corrected chi connectivity index (χ1v) is 6.75. The van der Waals surface area contributed by atoms with Gasteiger partial charge in [-0.1, -0.05) is 6.92 Å². The van der Waals surface area contributed by atoms with Gasteiger partial charge < -0.3 is 15.2 Å². The van der Waals surface area contributed by atoms with E-state index in [1.165, 1.54) is 0 Å². The van der Waals surface area contributed by atoms with Crippen LogP contribution in [0.2, 0.25) is 0 Å². The fourth-order valence-corrected chi connectivity index (χ4v) is 2.68. The molecule has 1 aliphatic rings. The average Bonchev–Trinajstić information content (AvgIpc) is 2.30. The van der Waals surface area contributed by atoms with Gasteiger partial charge in [0.2, 0.25) is 0 Å². The van der Waals surface area contributed by atoms with E-state index in [0.29, 0.717) is 12.8 Å². The lowest BCUT2D eigenvalue weighted by Crippen LogP contribution is -2.44. The molecule has 6 nitrogen and oxygen atoms in total. The number of carbonyl (C=O) groups is 3. The Bertz CT molecular complexity index is 333. The highest BCUT2D eigenvalue weighted by atomic mass is 32.2. The van der Waals surface area contributed by atoms with Crippen LogP contribution in [0.1, 0.15) is 32.6 Å². The molecule has 0 aromatic carbocycles. The second-order valence-corrected chi connectivity index (χ2v) is 5.10. The van der Waals surface area contributed by atoms with Crippen molar-refractivity contribution in [3.8, 4) is 0 Å². The molecule has 0 aliphatic carbocycles. The Morgan fingerprint density at radius 3 is 2.83 bits per heavy atom. The standard InChI is InChI=1S/C11H17NO5S/c1-2-12-7-3-5-9(15)17-11(7)18-10(16)6-4-8(13)14/h7,11-12H,2-6H2,1H3,(H,13,14). The second-order valence-electron chi connectivity index (χ2n) is 3.94. The van der Waals surface area contributed by atoms with Crippen molar-refractivity contribution in [2.24, 2.45) is 0 Å². The molecule has 2 unspecified atom stereocenters. The Balaban J connectivity index is 2.46. The molecule has 2 atom stereocenters. The van der Waals surface area contributed by atoms with Crippen LogP contribution in [0.5, 0.6) is 0 Å². The first-order valence-electron chi connectivity index (χ1n) is 5.87. The lowest BCUT2D eigenvalue weighted by molar-refractivity contribution is -0.150. The van der Waals surface area contributed by atoms with Crippen LogP contribution in [0.25, 0.3) is 0 Å². The summed E-state index contributed by atoms with van der Waals surface area (Å²) in [5, 5.41) is 11.4. The number of ether oxygens (including phenoxy) is 1. The van der Waals surface area contributed by atoms with Crippen LogP contribution in [0, 0.1) is 0 Å². The molecule has 102 valence electrons. The molecule has 0 amide bonds. The first-order chi connectivity index (χ1) is 8.52. The lowest BCUT2D eigenvalue weighted by atomic mass is 10.1. The predicted molar refractivity (Wildman–Crippen MR) is 66.0 cm³/mol. The number of hydrogen-bond acceptors (Lipinski definition) is 6. The largest absolute Gasteiger partial charge is 0.481 e. The molecular weight excluding hydrogens is 258 g/mol. The van der Waals surface area contributed by atoms with Gasteiger partial charge in [0, 0.05) is 12.8 Å². The zero-order valence-corrected chi connectivity index (χ0v) is 11.0. The summed E-state index contributed by atoms with van der Waals surface area (Å²) in [5.74, 6) is -1.32. The van der Waals surface area contributed by atoms with Crippen LogP contribution in [-0.4, -0.2) is 40.2 Å². The minimum atomic E-state index is -1.01. The van der Waals surface area contributed by atoms with Gasteiger partial charge in [-0.2, -0.15) is 0 Å². The zero-order chi connectivity index (χ0) is 13.5. The van der Waals surface area contributed by atoms with Crippen LogP contribution < -0.4 is 5.32 Å². The molecule has 1 heterocycles. The zero-order valence-electron chi connectivity index (χ0n) is 10.2. The maximum Gasteiger partial charge on any atom is 0.307 e. The third-order valence-corrected chi connectivity index (χ3v) is 3.62. The monoisotopic (exact) mass is 275 g/mol. The Labute approximate surface area is 109 Å². The van der Waals surface area contributed by atoms with Crippen molar-refractivity contribution < 1.29 is 24.2 Å². The summed E-state index contributed by atoms with van der Waals surface area (Å²) in [5.41, 5.74) is -0.549. The number of cyclic esters (lactones) is 1. The molecule has 0 aromatic rings. The number of thioether (sulfide) groups is 1. The molecule has 1 fully saturated rings. The fraction of sp³-hybridized carbons (Fsp3) is 0.727. The summed E-state index contributed by atoms with van der Waals surface area (Å²) in [4.78, 5) is 33.1. The molecule has 0 aromatic heterocycles. The van der Waals surface area contributed by atoms with Crippen molar-refractivity contribution in [1.82, 2.24) is 5.32 Å². The maximum atomic E-state index is 11.6. The number of likely N-dealkylation sites (N-methyl/N-ethyl adjacent to an activating group) is 1. The summed E-state index contributed by atoms with van der Waals surface area (Å²) in [7, 11) is 0. The van der Waals surface area contributed by atoms with Crippen LogP contribution in [-0.2, 0) is 19.1 Å². The number of esters is 1. The number of carbonyl (C=O) groups excluding carboxylic acids is 2. The minimum absolute atomic E-state index is 0.0487. The summed E-state index contributed by atoms with van der Waals surface area (Å²) in [6.45, 7) is 2.66. The van der Waals surface area contributed by atoms with Crippen molar-refractivity contribution >= 4 is 28.8 Å². The summed E-state index contributed by atoms with van der Waals surface area (Å²) < 4.78 is 5.12. The van der Waals surface area contributed by atoms with Crippen molar-refractivity contribution in [2.75, 3.05) is 6.54 Å². The molecule has 0 radical (unpaired) electrons. The van der Waals surface area contributed by atoms with E-state index >= 15 is 0 Å². The Morgan fingerprint density at radius 1 is 1.50 bits per heavy atom. The molecule has 0 saturated carbocycles. The minimum Gasteiger partial charge on any atom is -0.481 e. The summed E-state index contributed by atoms with van der Waals surface area (Å²) in [6, 6.07) is -0.0496. The molecule has 7 heteroatoms. The Hall–Kier alpha value is -1.08. The van der Waals surface area contributed by atoms with E-state index in [2.05, 4.69) is 5.32 Å². The van der Waals surface area contributed by atoms with E-state index < -0.39 is 11.4 Å².